The fraction of sp³-hybridized carbons (Fsp3) is 0.154. The normalized spacial score (nSPS) is 12.4. The Balaban J connectivity index is 2.11. The summed E-state index contributed by atoms with van der Waals surface area (Å²) in [6, 6.07) is 11.8. The van der Waals surface area contributed by atoms with Crippen molar-refractivity contribution in [2.24, 2.45) is 0 Å². The average molecular weight is 310 g/mol. The van der Waals surface area contributed by atoms with Gasteiger partial charge in [-0.2, -0.15) is 0 Å². The highest BCUT2D eigenvalue weighted by Crippen LogP contribution is 2.27. The van der Waals surface area contributed by atoms with Gasteiger partial charge in [0.1, 0.15) is 5.03 Å². The lowest BCUT2D eigenvalue weighted by atomic mass is 10.1. The van der Waals surface area contributed by atoms with Crippen LogP contribution >= 0.6 is 27.7 Å². The monoisotopic (exact) mass is 309 g/mol. The quantitative estimate of drug-likeness (QED) is 0.928. The smallest absolute Gasteiger partial charge is 0.101 e. The molecule has 1 heterocycles. The van der Waals surface area contributed by atoms with Crippen molar-refractivity contribution in [2.75, 3.05) is 0 Å². The van der Waals surface area contributed by atoms with E-state index in [1.165, 1.54) is 0 Å². The second-order valence-corrected chi connectivity index (χ2v) is 5.67. The number of hydrogen-bond donors (Lipinski definition) is 1. The van der Waals surface area contributed by atoms with Crippen LogP contribution in [0.25, 0.3) is 0 Å². The fourth-order valence-corrected chi connectivity index (χ4v) is 2.35. The highest BCUT2D eigenvalue weighted by Gasteiger charge is 2.02. The van der Waals surface area contributed by atoms with Crippen LogP contribution in [0.15, 0.2) is 57.0 Å². The minimum Gasteiger partial charge on any atom is -0.389 e. The summed E-state index contributed by atoms with van der Waals surface area (Å²) >= 11 is 4.96. The third-order valence-electron chi connectivity index (χ3n) is 2.29. The predicted molar refractivity (Wildman–Crippen MR) is 73.1 cm³/mol. The lowest BCUT2D eigenvalue weighted by molar-refractivity contribution is 0.199. The summed E-state index contributed by atoms with van der Waals surface area (Å²) in [6.45, 7) is 1.76. The summed E-state index contributed by atoms with van der Waals surface area (Å²) in [6.07, 6.45) is 1.37. The summed E-state index contributed by atoms with van der Waals surface area (Å²) in [7, 11) is 0. The molecule has 0 unspecified atom stereocenters. The molecular weight excluding hydrogens is 298 g/mol. The van der Waals surface area contributed by atoms with Crippen LogP contribution in [0.1, 0.15) is 18.6 Å². The van der Waals surface area contributed by atoms with Gasteiger partial charge in [-0.15, -0.1) is 0 Å². The molecule has 1 N–H and O–H groups in total. The second kappa shape index (κ2) is 5.67. The maximum Gasteiger partial charge on any atom is 0.101 e. The first-order chi connectivity index (χ1) is 8.15. The molecule has 0 fully saturated rings. The topological polar surface area (TPSA) is 33.1 Å². The van der Waals surface area contributed by atoms with E-state index in [1.54, 1.807) is 24.9 Å². The molecule has 0 amide bonds. The van der Waals surface area contributed by atoms with E-state index in [2.05, 4.69) is 20.9 Å². The number of hydrogen-bond acceptors (Lipinski definition) is 3. The Morgan fingerprint density at radius 1 is 1.18 bits per heavy atom. The van der Waals surface area contributed by atoms with Gasteiger partial charge >= 0.3 is 0 Å². The second-order valence-electron chi connectivity index (χ2n) is 3.66. The Bertz CT molecular complexity index is 482. The van der Waals surface area contributed by atoms with E-state index in [0.717, 1.165) is 20.0 Å². The first-order valence-corrected chi connectivity index (χ1v) is 6.83. The molecular formula is C13H12BrNOS. The highest BCUT2D eigenvalue weighted by molar-refractivity contribution is 9.10. The zero-order chi connectivity index (χ0) is 12.3. The molecule has 88 valence electrons. The van der Waals surface area contributed by atoms with Gasteiger partial charge in [-0.25, -0.2) is 4.98 Å². The number of benzene rings is 1. The van der Waals surface area contributed by atoms with Crippen LogP contribution in [0.3, 0.4) is 0 Å². The molecule has 0 radical (unpaired) electrons. The van der Waals surface area contributed by atoms with Crippen molar-refractivity contribution in [3.63, 3.8) is 0 Å². The zero-order valence-electron chi connectivity index (χ0n) is 9.30. The summed E-state index contributed by atoms with van der Waals surface area (Å²) < 4.78 is 0.978. The summed E-state index contributed by atoms with van der Waals surface area (Å²) in [4.78, 5) is 5.41. The van der Waals surface area contributed by atoms with Gasteiger partial charge < -0.3 is 5.11 Å². The Kier molecular flexibility index (Phi) is 4.20. The SMILES string of the molecule is C[C@@H](O)c1ccc(Sc2ccc(Br)cn2)cc1. The van der Waals surface area contributed by atoms with Crippen LogP contribution in [0.2, 0.25) is 0 Å². The summed E-state index contributed by atoms with van der Waals surface area (Å²) in [5, 5.41) is 10.4. The van der Waals surface area contributed by atoms with Gasteiger partial charge in [0.25, 0.3) is 0 Å². The van der Waals surface area contributed by atoms with E-state index in [-0.39, 0.29) is 0 Å². The predicted octanol–water partition coefficient (Wildman–Crippen LogP) is 4.05. The van der Waals surface area contributed by atoms with Gasteiger partial charge in [0.2, 0.25) is 0 Å². The van der Waals surface area contributed by atoms with Gasteiger partial charge in [0.05, 0.1) is 6.10 Å². The van der Waals surface area contributed by atoms with Crippen molar-refractivity contribution in [3.05, 3.63) is 52.6 Å². The lowest BCUT2D eigenvalue weighted by Crippen LogP contribution is -1.89. The summed E-state index contributed by atoms with van der Waals surface area (Å²) in [5.74, 6) is 0. The zero-order valence-corrected chi connectivity index (χ0v) is 11.7. The maximum absolute atomic E-state index is 9.41. The van der Waals surface area contributed by atoms with E-state index < -0.39 is 6.10 Å². The standard InChI is InChI=1S/C13H12BrNOS/c1-9(16)10-2-5-12(6-3-10)17-13-7-4-11(14)8-15-13/h2-9,16H,1H3/t9-/m1/s1. The Morgan fingerprint density at radius 2 is 1.88 bits per heavy atom. The Labute approximate surface area is 113 Å². The third-order valence-corrected chi connectivity index (χ3v) is 3.71. The number of aromatic nitrogens is 1. The minimum atomic E-state index is -0.417. The van der Waals surface area contributed by atoms with Crippen LogP contribution in [-0.2, 0) is 0 Å². The molecule has 2 aromatic rings. The van der Waals surface area contributed by atoms with Crippen molar-refractivity contribution in [2.45, 2.75) is 22.9 Å². The number of nitrogens with zero attached hydrogens (tertiary/aromatic N) is 1. The van der Waals surface area contributed by atoms with Crippen molar-refractivity contribution in [1.29, 1.82) is 0 Å². The maximum atomic E-state index is 9.41. The van der Waals surface area contributed by atoms with Crippen molar-refractivity contribution < 1.29 is 5.11 Å². The molecule has 1 aromatic carbocycles. The lowest BCUT2D eigenvalue weighted by Gasteiger charge is -2.05. The van der Waals surface area contributed by atoms with E-state index >= 15 is 0 Å². The Hall–Kier alpha value is -0.840. The molecule has 0 bridgehead atoms. The Morgan fingerprint density at radius 3 is 2.41 bits per heavy atom. The van der Waals surface area contributed by atoms with Gasteiger partial charge in [0, 0.05) is 15.6 Å². The van der Waals surface area contributed by atoms with Gasteiger partial charge in [-0.05, 0) is 52.7 Å². The fourth-order valence-electron chi connectivity index (χ4n) is 1.36. The number of pyridine rings is 1. The molecule has 4 heteroatoms. The van der Waals surface area contributed by atoms with Crippen LogP contribution < -0.4 is 0 Å². The number of rotatable bonds is 3. The molecule has 0 saturated heterocycles. The van der Waals surface area contributed by atoms with E-state index in [1.807, 2.05) is 36.4 Å². The molecule has 1 aromatic heterocycles. The van der Waals surface area contributed by atoms with Crippen molar-refractivity contribution in [3.8, 4) is 0 Å². The first kappa shape index (κ1) is 12.6. The molecule has 0 aliphatic carbocycles. The van der Waals surface area contributed by atoms with Crippen LogP contribution in [0, 0.1) is 0 Å². The van der Waals surface area contributed by atoms with Gasteiger partial charge in [-0.3, -0.25) is 0 Å². The van der Waals surface area contributed by atoms with Crippen LogP contribution in [0.5, 0.6) is 0 Å². The minimum absolute atomic E-state index is 0.417. The highest BCUT2D eigenvalue weighted by atomic mass is 79.9. The van der Waals surface area contributed by atoms with Crippen LogP contribution in [0.4, 0.5) is 0 Å². The van der Waals surface area contributed by atoms with E-state index in [4.69, 9.17) is 0 Å². The molecule has 2 rings (SSSR count). The molecule has 1 atom stereocenters. The van der Waals surface area contributed by atoms with Crippen molar-refractivity contribution in [1.82, 2.24) is 4.98 Å². The first-order valence-electron chi connectivity index (χ1n) is 5.22. The number of halogens is 1. The third kappa shape index (κ3) is 3.56. The molecule has 2 nitrogen and oxygen atoms in total. The number of aliphatic hydroxyl groups is 1. The van der Waals surface area contributed by atoms with E-state index in [9.17, 15) is 5.11 Å². The van der Waals surface area contributed by atoms with Gasteiger partial charge in [0.15, 0.2) is 0 Å². The average Bonchev–Trinajstić information content (AvgIpc) is 2.33. The van der Waals surface area contributed by atoms with E-state index in [0.29, 0.717) is 0 Å². The largest absolute Gasteiger partial charge is 0.389 e. The molecule has 0 aliphatic rings. The number of aliphatic hydroxyl groups excluding tert-OH is 1. The molecule has 17 heavy (non-hydrogen) atoms. The molecule has 0 aliphatic heterocycles. The van der Waals surface area contributed by atoms with Crippen molar-refractivity contribution >= 4 is 27.7 Å². The summed E-state index contributed by atoms with van der Waals surface area (Å²) in [5.41, 5.74) is 0.929. The van der Waals surface area contributed by atoms with Gasteiger partial charge in [-0.1, -0.05) is 23.9 Å². The van der Waals surface area contributed by atoms with Crippen LogP contribution in [-0.4, -0.2) is 10.1 Å². The molecule has 0 saturated carbocycles. The molecule has 0 spiro atoms.